The zero-order chi connectivity index (χ0) is 39.2. The normalized spacial score (nSPS) is 13.1. The Hall–Kier alpha value is -7.10. The summed E-state index contributed by atoms with van der Waals surface area (Å²) in [5.74, 6) is 0. The Labute approximate surface area is 313 Å². The molecule has 0 fully saturated rings. The van der Waals surface area contributed by atoms with Gasteiger partial charge in [-0.25, -0.2) is 0 Å². The van der Waals surface area contributed by atoms with Crippen molar-refractivity contribution in [1.29, 1.82) is 0 Å². The number of benzene rings is 9. The van der Waals surface area contributed by atoms with E-state index in [2.05, 4.69) is 131 Å². The summed E-state index contributed by atoms with van der Waals surface area (Å²) in [5, 5.41) is 8.80. The lowest BCUT2D eigenvalue weighted by atomic mass is 10.0. The maximum atomic E-state index is 8.59. The first-order chi connectivity index (χ1) is 28.3. The third-order valence-corrected chi connectivity index (χ3v) is 10.4. The van der Waals surface area contributed by atoms with Crippen LogP contribution in [0.4, 0.5) is 17.1 Å². The Kier molecular flexibility index (Phi) is 5.52. The first-order valence-electron chi connectivity index (χ1n) is 20.2. The second kappa shape index (κ2) is 11.7. The van der Waals surface area contributed by atoms with Gasteiger partial charge in [-0.2, -0.15) is 0 Å². The topological polar surface area (TPSA) is 21.3 Å². The summed E-state index contributed by atoms with van der Waals surface area (Å²) < 4.78 is 50.5. The number of para-hydroxylation sites is 3. The van der Waals surface area contributed by atoms with Gasteiger partial charge in [0, 0.05) is 49.7 Å². The zero-order valence-corrected chi connectivity index (χ0v) is 28.4. The molecule has 0 atom stereocenters. The highest BCUT2D eigenvalue weighted by atomic mass is 16.3. The van der Waals surface area contributed by atoms with Crippen LogP contribution in [0.25, 0.3) is 82.1 Å². The fraction of sp³-hybridized carbons (Fsp3) is 0. The molecular weight excluding hydrogens is 645 g/mol. The summed E-state index contributed by atoms with van der Waals surface area (Å²) >= 11 is 0. The second-order valence-corrected chi connectivity index (χ2v) is 13.4. The van der Waals surface area contributed by atoms with Gasteiger partial charge >= 0.3 is 0 Å². The summed E-state index contributed by atoms with van der Waals surface area (Å²) in [6.45, 7) is 0. The number of furan rings is 1. The molecule has 0 spiro atoms. The van der Waals surface area contributed by atoms with Crippen LogP contribution in [-0.2, 0) is 0 Å². The van der Waals surface area contributed by atoms with Gasteiger partial charge < -0.3 is 13.9 Å². The molecule has 248 valence electrons. The predicted molar refractivity (Wildman–Crippen MR) is 223 cm³/mol. The van der Waals surface area contributed by atoms with Crippen LogP contribution in [0.15, 0.2) is 198 Å². The first kappa shape index (κ1) is 25.0. The molecule has 0 aliphatic heterocycles. The Balaban J connectivity index is 1.09. The predicted octanol–water partition coefficient (Wildman–Crippen LogP) is 14.1. The number of fused-ring (bicyclic) bond motifs is 9. The number of aromatic nitrogens is 1. The summed E-state index contributed by atoms with van der Waals surface area (Å²) in [7, 11) is 0. The van der Waals surface area contributed by atoms with Crippen molar-refractivity contribution in [1.82, 2.24) is 4.57 Å². The fourth-order valence-corrected chi connectivity index (χ4v) is 7.96. The minimum absolute atomic E-state index is 0.174. The molecule has 53 heavy (non-hydrogen) atoms. The van der Waals surface area contributed by atoms with Gasteiger partial charge in [-0.1, -0.05) is 115 Å². The Bertz CT molecular complexity index is 3400. The van der Waals surface area contributed by atoms with Crippen LogP contribution < -0.4 is 4.90 Å². The quantitative estimate of drug-likeness (QED) is 0.180. The standard InChI is InChI=1S/C50H32N2O/c1-2-10-33(11-3-1)34-18-23-38(24-19-34)51(40-27-29-42-36(30-40)22-28-46-45-14-6-9-17-49(45)53-50(42)46)39-25-20-35-21-26-41(32-37(35)31-39)52-47-15-7-4-12-43(47)44-13-5-8-16-48(44)52/h1-32H/i1D,2D,3D,10D,11D. The molecule has 0 bridgehead atoms. The third-order valence-electron chi connectivity index (χ3n) is 10.4. The van der Waals surface area contributed by atoms with E-state index in [9.17, 15) is 0 Å². The van der Waals surface area contributed by atoms with E-state index < -0.39 is 6.04 Å². The number of hydrogen-bond donors (Lipinski definition) is 0. The van der Waals surface area contributed by atoms with Crippen molar-refractivity contribution in [2.45, 2.75) is 0 Å². The lowest BCUT2D eigenvalue weighted by Gasteiger charge is -2.26. The number of hydrogen-bond acceptors (Lipinski definition) is 2. The minimum atomic E-state index is -0.407. The van der Waals surface area contributed by atoms with E-state index in [1.54, 1.807) is 0 Å². The van der Waals surface area contributed by atoms with Gasteiger partial charge in [-0.3, -0.25) is 0 Å². The Morgan fingerprint density at radius 3 is 1.81 bits per heavy atom. The Morgan fingerprint density at radius 1 is 0.434 bits per heavy atom. The van der Waals surface area contributed by atoms with Crippen molar-refractivity contribution in [2.24, 2.45) is 0 Å². The zero-order valence-electron chi connectivity index (χ0n) is 33.4. The van der Waals surface area contributed by atoms with Gasteiger partial charge in [-0.15, -0.1) is 0 Å². The maximum absolute atomic E-state index is 8.59. The molecule has 3 heteroatoms. The second-order valence-electron chi connectivity index (χ2n) is 13.4. The van der Waals surface area contributed by atoms with E-state index in [-0.39, 0.29) is 29.7 Å². The smallest absolute Gasteiger partial charge is 0.143 e. The van der Waals surface area contributed by atoms with Crippen LogP contribution in [0.1, 0.15) is 6.85 Å². The molecule has 9 aromatic carbocycles. The van der Waals surface area contributed by atoms with E-state index in [0.29, 0.717) is 5.56 Å². The SMILES string of the molecule is [2H]c1c([2H])c([2H])c(-c2ccc(N(c3ccc4ccc(-n5c6ccccc6c6ccccc65)cc4c3)c3ccc4c(ccc5c6ccccc6oc45)c3)cc2)c([2H])c1[2H]. The molecule has 2 heterocycles. The van der Waals surface area contributed by atoms with Crippen molar-refractivity contribution >= 4 is 82.4 Å². The summed E-state index contributed by atoms with van der Waals surface area (Å²) in [4.78, 5) is 2.20. The molecular formula is C50H32N2O. The summed E-state index contributed by atoms with van der Waals surface area (Å²) in [6.07, 6.45) is 0. The highest BCUT2D eigenvalue weighted by Gasteiger charge is 2.17. The van der Waals surface area contributed by atoms with Crippen LogP contribution >= 0.6 is 0 Å². The van der Waals surface area contributed by atoms with Crippen molar-refractivity contribution in [3.8, 4) is 16.8 Å². The van der Waals surface area contributed by atoms with E-state index in [1.807, 2.05) is 42.5 Å². The van der Waals surface area contributed by atoms with Crippen LogP contribution in [0.5, 0.6) is 0 Å². The van der Waals surface area contributed by atoms with Gasteiger partial charge in [0.1, 0.15) is 11.2 Å². The first-order valence-corrected chi connectivity index (χ1v) is 17.7. The average molecular weight is 682 g/mol. The lowest BCUT2D eigenvalue weighted by molar-refractivity contribution is 0.672. The van der Waals surface area contributed by atoms with Gasteiger partial charge in [0.05, 0.1) is 17.9 Å². The van der Waals surface area contributed by atoms with Crippen molar-refractivity contribution in [2.75, 3.05) is 4.90 Å². The molecule has 0 radical (unpaired) electrons. The summed E-state index contributed by atoms with van der Waals surface area (Å²) in [5.41, 5.74) is 8.49. The molecule has 0 aliphatic rings. The number of nitrogens with zero attached hydrogens (tertiary/aromatic N) is 2. The third kappa shape index (κ3) is 4.75. The van der Waals surface area contributed by atoms with E-state index in [1.165, 1.54) is 10.8 Å². The van der Waals surface area contributed by atoms with Crippen LogP contribution in [0, 0.1) is 0 Å². The van der Waals surface area contributed by atoms with Gasteiger partial charge in [0.15, 0.2) is 0 Å². The van der Waals surface area contributed by atoms with E-state index in [4.69, 9.17) is 11.3 Å². The largest absolute Gasteiger partial charge is 0.455 e. The molecule has 0 aliphatic carbocycles. The highest BCUT2D eigenvalue weighted by molar-refractivity contribution is 6.15. The fourth-order valence-electron chi connectivity index (χ4n) is 7.96. The van der Waals surface area contributed by atoms with Gasteiger partial charge in [-0.05, 0) is 106 Å². The van der Waals surface area contributed by atoms with Crippen molar-refractivity contribution in [3.63, 3.8) is 0 Å². The van der Waals surface area contributed by atoms with Gasteiger partial charge in [0.2, 0.25) is 0 Å². The Morgan fingerprint density at radius 2 is 1.04 bits per heavy atom. The molecule has 0 saturated heterocycles. The molecule has 11 rings (SSSR count). The molecule has 3 nitrogen and oxygen atoms in total. The highest BCUT2D eigenvalue weighted by Crippen LogP contribution is 2.41. The minimum Gasteiger partial charge on any atom is -0.455 e. The van der Waals surface area contributed by atoms with Crippen LogP contribution in [0.3, 0.4) is 0 Å². The molecule has 0 amide bonds. The molecule has 0 unspecified atom stereocenters. The van der Waals surface area contributed by atoms with Crippen molar-refractivity contribution < 1.29 is 11.3 Å². The van der Waals surface area contributed by atoms with E-state index >= 15 is 0 Å². The van der Waals surface area contributed by atoms with Crippen LogP contribution in [-0.4, -0.2) is 4.57 Å². The van der Waals surface area contributed by atoms with E-state index in [0.717, 1.165) is 77.3 Å². The number of anilines is 3. The monoisotopic (exact) mass is 681 g/mol. The molecule has 0 N–H and O–H groups in total. The maximum Gasteiger partial charge on any atom is 0.143 e. The van der Waals surface area contributed by atoms with Crippen LogP contribution in [0.2, 0.25) is 0 Å². The molecule has 11 aromatic rings. The molecule has 0 saturated carbocycles. The lowest BCUT2D eigenvalue weighted by Crippen LogP contribution is -2.10. The average Bonchev–Trinajstić information content (AvgIpc) is 3.82. The van der Waals surface area contributed by atoms with Crippen molar-refractivity contribution in [3.05, 3.63) is 194 Å². The number of rotatable bonds is 5. The summed E-state index contributed by atoms with van der Waals surface area (Å²) in [6, 6.07) is 54.9. The van der Waals surface area contributed by atoms with Gasteiger partial charge in [0.25, 0.3) is 0 Å². The molecule has 2 aromatic heterocycles.